The van der Waals surface area contributed by atoms with Gasteiger partial charge in [0.2, 0.25) is 0 Å². The molecule has 104 valence electrons. The zero-order valence-corrected chi connectivity index (χ0v) is 11.2. The average Bonchev–Trinajstić information content (AvgIpc) is 2.96. The summed E-state index contributed by atoms with van der Waals surface area (Å²) in [5, 5.41) is 3.40. The minimum Gasteiger partial charge on any atom is -0.383 e. The summed E-state index contributed by atoms with van der Waals surface area (Å²) in [7, 11) is 1.64. The Morgan fingerprint density at radius 2 is 2.32 bits per heavy atom. The van der Waals surface area contributed by atoms with Crippen LogP contribution in [-0.4, -0.2) is 60.2 Å². The molecule has 1 aliphatic rings. The van der Waals surface area contributed by atoms with E-state index in [0.717, 1.165) is 13.0 Å². The van der Waals surface area contributed by atoms with E-state index in [9.17, 15) is 4.79 Å². The first-order valence-corrected chi connectivity index (χ1v) is 6.58. The van der Waals surface area contributed by atoms with Crippen molar-refractivity contribution in [3.63, 3.8) is 0 Å². The van der Waals surface area contributed by atoms with Gasteiger partial charge in [0.25, 0.3) is 5.91 Å². The van der Waals surface area contributed by atoms with Crippen LogP contribution in [-0.2, 0) is 4.74 Å². The molecule has 1 aromatic rings. The average molecular weight is 264 g/mol. The number of ether oxygens (including phenoxy) is 1. The maximum Gasteiger partial charge on any atom is 0.257 e. The number of amides is 1. The van der Waals surface area contributed by atoms with Crippen LogP contribution in [0.4, 0.5) is 0 Å². The number of carbonyl (C=O) groups excluding carboxylic acids is 1. The Kier molecular flexibility index (Phi) is 5.23. The lowest BCUT2D eigenvalue weighted by molar-refractivity contribution is 0.0678. The van der Waals surface area contributed by atoms with Crippen molar-refractivity contribution in [2.75, 3.05) is 33.4 Å². The van der Waals surface area contributed by atoms with E-state index in [1.54, 1.807) is 19.5 Å². The van der Waals surface area contributed by atoms with Crippen molar-refractivity contribution in [1.82, 2.24) is 20.2 Å². The van der Waals surface area contributed by atoms with Crippen LogP contribution in [0, 0.1) is 0 Å². The monoisotopic (exact) mass is 264 g/mol. The summed E-state index contributed by atoms with van der Waals surface area (Å²) >= 11 is 0. The second-order valence-corrected chi connectivity index (χ2v) is 4.66. The number of methoxy groups -OCH3 is 1. The Morgan fingerprint density at radius 3 is 2.95 bits per heavy atom. The molecule has 1 saturated heterocycles. The maximum atomic E-state index is 12.4. The van der Waals surface area contributed by atoms with Crippen LogP contribution in [0.5, 0.6) is 0 Å². The molecule has 1 unspecified atom stereocenters. The molecule has 19 heavy (non-hydrogen) atoms. The predicted octanol–water partition coefficient (Wildman–Crippen LogP) is 0.317. The van der Waals surface area contributed by atoms with Crippen molar-refractivity contribution in [2.45, 2.75) is 18.9 Å². The first-order chi connectivity index (χ1) is 9.31. The quantitative estimate of drug-likeness (QED) is 0.801. The number of carbonyl (C=O) groups is 1. The van der Waals surface area contributed by atoms with Crippen LogP contribution in [0.15, 0.2) is 18.7 Å². The van der Waals surface area contributed by atoms with Crippen LogP contribution < -0.4 is 5.32 Å². The fourth-order valence-corrected chi connectivity index (χ4v) is 2.25. The van der Waals surface area contributed by atoms with Crippen LogP contribution >= 0.6 is 0 Å². The lowest BCUT2D eigenvalue weighted by atomic mass is 10.2. The van der Waals surface area contributed by atoms with E-state index in [1.807, 2.05) is 4.90 Å². The Labute approximate surface area is 113 Å². The Hall–Kier alpha value is -1.53. The lowest BCUT2D eigenvalue weighted by Crippen LogP contribution is -2.42. The van der Waals surface area contributed by atoms with Gasteiger partial charge in [-0.3, -0.25) is 4.79 Å². The standard InChI is InChI=1S/C13H20N4O2/c1-19-6-5-17(9-12-3-2-4-16-12)13(18)11-7-14-10-15-8-11/h7-8,10,12,16H,2-6,9H2,1H3. The lowest BCUT2D eigenvalue weighted by Gasteiger charge is -2.25. The summed E-state index contributed by atoms with van der Waals surface area (Å²) in [5.41, 5.74) is 0.525. The van der Waals surface area contributed by atoms with Gasteiger partial charge < -0.3 is 15.0 Å². The van der Waals surface area contributed by atoms with Gasteiger partial charge in [-0.05, 0) is 19.4 Å². The van der Waals surface area contributed by atoms with E-state index in [1.165, 1.54) is 12.7 Å². The smallest absolute Gasteiger partial charge is 0.257 e. The molecule has 0 aliphatic carbocycles. The van der Waals surface area contributed by atoms with E-state index in [-0.39, 0.29) is 5.91 Å². The van der Waals surface area contributed by atoms with Crippen molar-refractivity contribution in [1.29, 1.82) is 0 Å². The number of hydrogen-bond donors (Lipinski definition) is 1. The fraction of sp³-hybridized carbons (Fsp3) is 0.615. The Morgan fingerprint density at radius 1 is 1.53 bits per heavy atom. The molecule has 1 aromatic heterocycles. The summed E-state index contributed by atoms with van der Waals surface area (Å²) in [6, 6.07) is 0.380. The highest BCUT2D eigenvalue weighted by Crippen LogP contribution is 2.09. The molecule has 2 heterocycles. The van der Waals surface area contributed by atoms with Crippen molar-refractivity contribution in [3.05, 3.63) is 24.3 Å². The molecule has 0 bridgehead atoms. The SMILES string of the molecule is COCCN(CC1CCCN1)C(=O)c1cncnc1. The van der Waals surface area contributed by atoms with Gasteiger partial charge in [-0.25, -0.2) is 9.97 Å². The van der Waals surface area contributed by atoms with Crippen LogP contribution in [0.2, 0.25) is 0 Å². The van der Waals surface area contributed by atoms with Crippen LogP contribution in [0.1, 0.15) is 23.2 Å². The van der Waals surface area contributed by atoms with Gasteiger partial charge in [0.05, 0.1) is 12.2 Å². The molecule has 6 heteroatoms. The molecule has 0 aromatic carbocycles. The van der Waals surface area contributed by atoms with E-state index in [2.05, 4.69) is 15.3 Å². The molecular weight excluding hydrogens is 244 g/mol. The third-order valence-electron chi connectivity index (χ3n) is 3.26. The summed E-state index contributed by atoms with van der Waals surface area (Å²) in [4.78, 5) is 22.0. The topological polar surface area (TPSA) is 67.3 Å². The predicted molar refractivity (Wildman–Crippen MR) is 70.8 cm³/mol. The van der Waals surface area contributed by atoms with Crippen molar-refractivity contribution >= 4 is 5.91 Å². The van der Waals surface area contributed by atoms with Gasteiger partial charge in [-0.1, -0.05) is 0 Å². The van der Waals surface area contributed by atoms with E-state index < -0.39 is 0 Å². The number of aromatic nitrogens is 2. The number of hydrogen-bond acceptors (Lipinski definition) is 5. The van der Waals surface area contributed by atoms with Crippen LogP contribution in [0.25, 0.3) is 0 Å². The zero-order chi connectivity index (χ0) is 13.5. The van der Waals surface area contributed by atoms with Gasteiger partial charge in [-0.15, -0.1) is 0 Å². The van der Waals surface area contributed by atoms with Gasteiger partial charge in [0.1, 0.15) is 6.33 Å². The number of nitrogens with one attached hydrogen (secondary N) is 1. The highest BCUT2D eigenvalue weighted by molar-refractivity contribution is 5.93. The summed E-state index contributed by atoms with van der Waals surface area (Å²) in [6.07, 6.45) is 6.82. The molecule has 0 saturated carbocycles. The summed E-state index contributed by atoms with van der Waals surface area (Å²) in [5.74, 6) is -0.0358. The first-order valence-electron chi connectivity index (χ1n) is 6.58. The Bertz CT molecular complexity index is 393. The third kappa shape index (κ3) is 3.97. The molecule has 1 amide bonds. The molecule has 1 fully saturated rings. The molecule has 1 aliphatic heterocycles. The molecule has 1 atom stereocenters. The molecular formula is C13H20N4O2. The minimum absolute atomic E-state index is 0.0358. The van der Waals surface area contributed by atoms with Gasteiger partial charge in [0.15, 0.2) is 0 Å². The largest absolute Gasteiger partial charge is 0.383 e. The minimum atomic E-state index is -0.0358. The second kappa shape index (κ2) is 7.16. The fourth-order valence-electron chi connectivity index (χ4n) is 2.25. The van der Waals surface area contributed by atoms with Gasteiger partial charge in [-0.2, -0.15) is 0 Å². The highest BCUT2D eigenvalue weighted by Gasteiger charge is 2.22. The van der Waals surface area contributed by atoms with Crippen molar-refractivity contribution < 1.29 is 9.53 Å². The first kappa shape index (κ1) is 13.9. The summed E-state index contributed by atoms with van der Waals surface area (Å²) in [6.45, 7) is 2.86. The van der Waals surface area contributed by atoms with Crippen LogP contribution in [0.3, 0.4) is 0 Å². The van der Waals surface area contributed by atoms with E-state index >= 15 is 0 Å². The molecule has 6 nitrogen and oxygen atoms in total. The number of rotatable bonds is 6. The molecule has 0 radical (unpaired) electrons. The molecule has 2 rings (SSSR count). The Balaban J connectivity index is 2.01. The molecule has 1 N–H and O–H groups in total. The zero-order valence-electron chi connectivity index (χ0n) is 11.2. The van der Waals surface area contributed by atoms with Gasteiger partial charge >= 0.3 is 0 Å². The van der Waals surface area contributed by atoms with Gasteiger partial charge in [0, 0.05) is 38.6 Å². The normalized spacial score (nSPS) is 18.5. The van der Waals surface area contributed by atoms with Crippen molar-refractivity contribution in [3.8, 4) is 0 Å². The summed E-state index contributed by atoms with van der Waals surface area (Å²) < 4.78 is 5.08. The second-order valence-electron chi connectivity index (χ2n) is 4.66. The third-order valence-corrected chi connectivity index (χ3v) is 3.26. The maximum absolute atomic E-state index is 12.4. The van der Waals surface area contributed by atoms with E-state index in [4.69, 9.17) is 4.74 Å². The van der Waals surface area contributed by atoms with E-state index in [0.29, 0.717) is 31.3 Å². The highest BCUT2D eigenvalue weighted by atomic mass is 16.5. The van der Waals surface area contributed by atoms with Crippen molar-refractivity contribution in [2.24, 2.45) is 0 Å². The molecule has 0 spiro atoms. The number of nitrogens with zero attached hydrogens (tertiary/aromatic N) is 3.